The van der Waals surface area contributed by atoms with Gasteiger partial charge in [0.2, 0.25) is 0 Å². The molecule has 0 saturated heterocycles. The summed E-state index contributed by atoms with van der Waals surface area (Å²) in [5.41, 5.74) is 1.13. The maximum atomic E-state index is 4.17. The van der Waals surface area contributed by atoms with Crippen LogP contribution in [0.4, 0.5) is 0 Å². The molecule has 80 valence electrons. The van der Waals surface area contributed by atoms with Crippen molar-refractivity contribution in [3.8, 4) is 0 Å². The number of hydrogen-bond acceptors (Lipinski definition) is 4. The van der Waals surface area contributed by atoms with Crippen LogP contribution in [-0.2, 0) is 20.1 Å². The van der Waals surface area contributed by atoms with Gasteiger partial charge in [-0.1, -0.05) is 0 Å². The largest absolute Gasteiger partial charge is 0.313 e. The molecule has 0 aliphatic rings. The Morgan fingerprint density at radius 3 is 2.93 bits per heavy atom. The molecule has 0 unspecified atom stereocenters. The summed E-state index contributed by atoms with van der Waals surface area (Å²) >= 11 is 0. The highest BCUT2D eigenvalue weighted by molar-refractivity contribution is 5.04. The van der Waals surface area contributed by atoms with E-state index in [1.807, 2.05) is 31.2 Å². The lowest BCUT2D eigenvalue weighted by Gasteiger charge is -2.03. The van der Waals surface area contributed by atoms with Crippen LogP contribution in [-0.4, -0.2) is 31.6 Å². The van der Waals surface area contributed by atoms with Crippen molar-refractivity contribution in [2.24, 2.45) is 7.05 Å². The van der Waals surface area contributed by atoms with Crippen molar-refractivity contribution in [1.82, 2.24) is 29.9 Å². The van der Waals surface area contributed by atoms with E-state index in [9.17, 15) is 0 Å². The Labute approximate surface area is 87.9 Å². The zero-order valence-corrected chi connectivity index (χ0v) is 8.88. The molecule has 0 saturated carbocycles. The second kappa shape index (κ2) is 4.22. The molecule has 6 heteroatoms. The molecule has 0 bridgehead atoms. The number of hydrogen-bond donors (Lipinski definition) is 1. The molecule has 0 aromatic carbocycles. The van der Waals surface area contributed by atoms with E-state index in [1.165, 1.54) is 0 Å². The lowest BCUT2D eigenvalue weighted by Crippen LogP contribution is -2.13. The molecule has 0 aliphatic heterocycles. The summed E-state index contributed by atoms with van der Waals surface area (Å²) < 4.78 is 3.65. The SMILES string of the molecule is CNCc1ncnn1Cc1cnn(C)c1. The van der Waals surface area contributed by atoms with Crippen LogP contribution >= 0.6 is 0 Å². The Hall–Kier alpha value is -1.69. The molecule has 2 aromatic rings. The Kier molecular flexibility index (Phi) is 2.77. The van der Waals surface area contributed by atoms with Gasteiger partial charge in [-0.3, -0.25) is 4.68 Å². The average molecular weight is 206 g/mol. The Morgan fingerprint density at radius 2 is 2.27 bits per heavy atom. The maximum absolute atomic E-state index is 4.17. The van der Waals surface area contributed by atoms with Gasteiger partial charge in [-0.15, -0.1) is 0 Å². The third kappa shape index (κ3) is 2.21. The van der Waals surface area contributed by atoms with Crippen LogP contribution in [0.15, 0.2) is 18.7 Å². The van der Waals surface area contributed by atoms with Gasteiger partial charge in [0.1, 0.15) is 12.2 Å². The molecule has 2 rings (SSSR count). The van der Waals surface area contributed by atoms with E-state index >= 15 is 0 Å². The summed E-state index contributed by atoms with van der Waals surface area (Å²) in [4.78, 5) is 4.17. The number of nitrogens with zero attached hydrogens (tertiary/aromatic N) is 5. The topological polar surface area (TPSA) is 60.6 Å². The van der Waals surface area contributed by atoms with Gasteiger partial charge in [0.25, 0.3) is 0 Å². The summed E-state index contributed by atoms with van der Waals surface area (Å²) in [6.45, 7) is 1.44. The van der Waals surface area contributed by atoms with E-state index in [1.54, 1.807) is 11.0 Å². The predicted octanol–water partition coefficient (Wildman–Crippen LogP) is -0.221. The van der Waals surface area contributed by atoms with Crippen molar-refractivity contribution < 1.29 is 0 Å². The van der Waals surface area contributed by atoms with Crippen LogP contribution < -0.4 is 5.32 Å². The minimum Gasteiger partial charge on any atom is -0.313 e. The van der Waals surface area contributed by atoms with Crippen LogP contribution in [0.25, 0.3) is 0 Å². The monoisotopic (exact) mass is 206 g/mol. The highest BCUT2D eigenvalue weighted by Gasteiger charge is 2.04. The van der Waals surface area contributed by atoms with Crippen molar-refractivity contribution >= 4 is 0 Å². The number of rotatable bonds is 4. The van der Waals surface area contributed by atoms with Gasteiger partial charge < -0.3 is 5.32 Å². The zero-order valence-electron chi connectivity index (χ0n) is 8.88. The fourth-order valence-electron chi connectivity index (χ4n) is 1.44. The van der Waals surface area contributed by atoms with Crippen LogP contribution in [0.3, 0.4) is 0 Å². The maximum Gasteiger partial charge on any atom is 0.141 e. The van der Waals surface area contributed by atoms with Gasteiger partial charge >= 0.3 is 0 Å². The molecule has 6 nitrogen and oxygen atoms in total. The fourth-order valence-corrected chi connectivity index (χ4v) is 1.44. The molecular formula is C9H14N6. The van der Waals surface area contributed by atoms with E-state index in [0.717, 1.165) is 17.9 Å². The van der Waals surface area contributed by atoms with Crippen molar-refractivity contribution in [1.29, 1.82) is 0 Å². The molecular weight excluding hydrogens is 192 g/mol. The average Bonchev–Trinajstić information content (AvgIpc) is 2.78. The van der Waals surface area contributed by atoms with Crippen LogP contribution in [0, 0.1) is 0 Å². The van der Waals surface area contributed by atoms with E-state index < -0.39 is 0 Å². The summed E-state index contributed by atoms with van der Waals surface area (Å²) in [5.74, 6) is 0.932. The first kappa shape index (κ1) is 9.85. The summed E-state index contributed by atoms with van der Waals surface area (Å²) in [6, 6.07) is 0. The van der Waals surface area contributed by atoms with E-state index in [-0.39, 0.29) is 0 Å². The summed E-state index contributed by atoms with van der Waals surface area (Å²) in [5, 5.41) is 11.3. The van der Waals surface area contributed by atoms with Gasteiger partial charge in [-0.25, -0.2) is 9.67 Å². The highest BCUT2D eigenvalue weighted by Crippen LogP contribution is 2.01. The Morgan fingerprint density at radius 1 is 1.40 bits per heavy atom. The first-order valence-electron chi connectivity index (χ1n) is 4.78. The van der Waals surface area contributed by atoms with Gasteiger partial charge in [0, 0.05) is 18.8 Å². The quantitative estimate of drug-likeness (QED) is 0.751. The molecule has 15 heavy (non-hydrogen) atoms. The van der Waals surface area contributed by atoms with E-state index in [0.29, 0.717) is 6.54 Å². The molecule has 0 fully saturated rings. The first-order valence-corrected chi connectivity index (χ1v) is 4.78. The van der Waals surface area contributed by atoms with E-state index in [4.69, 9.17) is 0 Å². The van der Waals surface area contributed by atoms with Crippen LogP contribution in [0.5, 0.6) is 0 Å². The van der Waals surface area contributed by atoms with Gasteiger partial charge in [-0.2, -0.15) is 10.2 Å². The smallest absolute Gasteiger partial charge is 0.141 e. The van der Waals surface area contributed by atoms with Crippen LogP contribution in [0.1, 0.15) is 11.4 Å². The molecule has 0 radical (unpaired) electrons. The molecule has 2 heterocycles. The second-order valence-corrected chi connectivity index (χ2v) is 3.39. The molecule has 0 aliphatic carbocycles. The minimum atomic E-state index is 0.713. The van der Waals surface area contributed by atoms with Crippen molar-refractivity contribution in [2.45, 2.75) is 13.1 Å². The number of aromatic nitrogens is 5. The summed E-state index contributed by atoms with van der Waals surface area (Å²) in [7, 11) is 3.79. The molecule has 1 N–H and O–H groups in total. The summed E-state index contributed by atoms with van der Waals surface area (Å²) in [6.07, 6.45) is 5.39. The number of aryl methyl sites for hydroxylation is 1. The van der Waals surface area contributed by atoms with Crippen molar-refractivity contribution in [2.75, 3.05) is 7.05 Å². The van der Waals surface area contributed by atoms with Crippen molar-refractivity contribution in [3.63, 3.8) is 0 Å². The lowest BCUT2D eigenvalue weighted by molar-refractivity contribution is 0.612. The van der Waals surface area contributed by atoms with Gasteiger partial charge in [-0.05, 0) is 7.05 Å². The lowest BCUT2D eigenvalue weighted by atomic mass is 10.3. The van der Waals surface area contributed by atoms with Crippen molar-refractivity contribution in [3.05, 3.63) is 30.1 Å². The normalized spacial score (nSPS) is 10.8. The fraction of sp³-hybridized carbons (Fsp3) is 0.444. The van der Waals surface area contributed by atoms with Crippen LogP contribution in [0.2, 0.25) is 0 Å². The Balaban J connectivity index is 2.13. The van der Waals surface area contributed by atoms with E-state index in [2.05, 4.69) is 20.5 Å². The third-order valence-electron chi connectivity index (χ3n) is 2.12. The van der Waals surface area contributed by atoms with Gasteiger partial charge in [0.15, 0.2) is 0 Å². The van der Waals surface area contributed by atoms with Gasteiger partial charge in [0.05, 0.1) is 19.3 Å². The first-order chi connectivity index (χ1) is 7.29. The molecule has 0 spiro atoms. The zero-order chi connectivity index (χ0) is 10.7. The second-order valence-electron chi connectivity index (χ2n) is 3.39. The third-order valence-corrected chi connectivity index (χ3v) is 2.12. The molecule has 2 aromatic heterocycles. The molecule has 0 atom stereocenters. The highest BCUT2D eigenvalue weighted by atomic mass is 15.3. The standard InChI is InChI=1S/C9H14N6/c1-10-4-9-11-7-13-15(9)6-8-3-12-14(2)5-8/h3,5,7,10H,4,6H2,1-2H3. The number of nitrogens with one attached hydrogen (secondary N) is 1. The predicted molar refractivity (Wildman–Crippen MR) is 55.1 cm³/mol. The Bertz CT molecular complexity index is 429. The molecule has 0 amide bonds. The minimum absolute atomic E-state index is 0.713.